The van der Waals surface area contributed by atoms with E-state index in [4.69, 9.17) is 4.74 Å². The van der Waals surface area contributed by atoms with Crippen LogP contribution >= 0.6 is 0 Å². The molecule has 0 saturated carbocycles. The lowest BCUT2D eigenvalue weighted by Gasteiger charge is -2.33. The van der Waals surface area contributed by atoms with Gasteiger partial charge in [-0.15, -0.1) is 0 Å². The van der Waals surface area contributed by atoms with E-state index in [1.165, 1.54) is 0 Å². The first-order chi connectivity index (χ1) is 9.69. The molecule has 4 heteroatoms. The second-order valence-electron chi connectivity index (χ2n) is 6.28. The summed E-state index contributed by atoms with van der Waals surface area (Å²) in [5, 5.41) is 3.57. The Bertz CT molecular complexity index is 316. The second kappa shape index (κ2) is 7.41. The van der Waals surface area contributed by atoms with Crippen LogP contribution in [-0.4, -0.2) is 42.3 Å². The van der Waals surface area contributed by atoms with Crippen LogP contribution in [0.5, 0.6) is 0 Å². The summed E-state index contributed by atoms with van der Waals surface area (Å²) in [6.07, 6.45) is 6.71. The van der Waals surface area contributed by atoms with Crippen LogP contribution in [0, 0.1) is 5.92 Å². The highest BCUT2D eigenvalue weighted by molar-refractivity contribution is 5.84. The van der Waals surface area contributed by atoms with Crippen LogP contribution in [0.2, 0.25) is 0 Å². The minimum Gasteiger partial charge on any atom is -0.381 e. The van der Waals surface area contributed by atoms with Gasteiger partial charge in [0.25, 0.3) is 0 Å². The molecule has 116 valence electrons. The number of unbranched alkanes of at least 4 members (excludes halogenated alkanes) is 1. The molecule has 4 unspecified atom stereocenters. The van der Waals surface area contributed by atoms with E-state index >= 15 is 0 Å². The van der Waals surface area contributed by atoms with Gasteiger partial charge >= 0.3 is 0 Å². The van der Waals surface area contributed by atoms with E-state index in [0.29, 0.717) is 17.9 Å². The normalized spacial score (nSPS) is 32.0. The summed E-state index contributed by atoms with van der Waals surface area (Å²) in [5.74, 6) is 0.821. The van der Waals surface area contributed by atoms with Gasteiger partial charge in [-0.2, -0.15) is 0 Å². The molecule has 0 aromatic carbocycles. The summed E-state index contributed by atoms with van der Waals surface area (Å²) in [6, 6.07) is 0.331. The van der Waals surface area contributed by atoms with Gasteiger partial charge in [-0.25, -0.2) is 0 Å². The fraction of sp³-hybridized carbons (Fsp3) is 0.938. The van der Waals surface area contributed by atoms with Gasteiger partial charge in [0, 0.05) is 18.6 Å². The van der Waals surface area contributed by atoms with Crippen molar-refractivity contribution in [3.8, 4) is 0 Å². The monoisotopic (exact) mass is 282 g/mol. The van der Waals surface area contributed by atoms with Crippen molar-refractivity contribution in [2.75, 3.05) is 13.2 Å². The average molecular weight is 282 g/mol. The third-order valence-corrected chi connectivity index (χ3v) is 4.78. The Balaban J connectivity index is 2.03. The maximum atomic E-state index is 12.7. The zero-order valence-corrected chi connectivity index (χ0v) is 13.2. The number of nitrogens with one attached hydrogen (secondary N) is 1. The van der Waals surface area contributed by atoms with Crippen molar-refractivity contribution in [1.82, 2.24) is 10.2 Å². The van der Waals surface area contributed by atoms with Crippen LogP contribution < -0.4 is 5.32 Å². The first-order valence-electron chi connectivity index (χ1n) is 8.35. The maximum absolute atomic E-state index is 12.7. The van der Waals surface area contributed by atoms with Crippen molar-refractivity contribution in [3.63, 3.8) is 0 Å². The highest BCUT2D eigenvalue weighted by atomic mass is 16.5. The molecular weight excluding hydrogens is 252 g/mol. The second-order valence-corrected chi connectivity index (χ2v) is 6.28. The van der Waals surface area contributed by atoms with Crippen molar-refractivity contribution < 1.29 is 9.53 Å². The number of nitrogens with zero attached hydrogens (tertiary/aromatic N) is 1. The third kappa shape index (κ3) is 3.34. The maximum Gasteiger partial charge on any atom is 0.241 e. The Morgan fingerprint density at radius 2 is 2.15 bits per heavy atom. The van der Waals surface area contributed by atoms with Crippen LogP contribution in [-0.2, 0) is 9.53 Å². The van der Waals surface area contributed by atoms with Crippen LogP contribution in [0.4, 0.5) is 0 Å². The largest absolute Gasteiger partial charge is 0.381 e. The SMILES string of the molecule is CCCCC1NC(CCC)N(C(C)C2CCOC2)C1=O. The van der Waals surface area contributed by atoms with Gasteiger partial charge in [-0.05, 0) is 26.2 Å². The molecule has 1 N–H and O–H groups in total. The summed E-state index contributed by atoms with van der Waals surface area (Å²) >= 11 is 0. The van der Waals surface area contributed by atoms with Crippen LogP contribution in [0.1, 0.15) is 59.3 Å². The molecule has 2 heterocycles. The number of hydrogen-bond acceptors (Lipinski definition) is 3. The fourth-order valence-electron chi connectivity index (χ4n) is 3.47. The molecule has 4 atom stereocenters. The lowest BCUT2D eigenvalue weighted by molar-refractivity contribution is -0.133. The molecule has 2 rings (SSSR count). The van der Waals surface area contributed by atoms with Crippen LogP contribution in [0.25, 0.3) is 0 Å². The predicted molar refractivity (Wildman–Crippen MR) is 80.4 cm³/mol. The highest BCUT2D eigenvalue weighted by Gasteiger charge is 2.42. The van der Waals surface area contributed by atoms with E-state index in [1.54, 1.807) is 0 Å². The molecule has 0 bridgehead atoms. The molecule has 4 nitrogen and oxygen atoms in total. The van der Waals surface area contributed by atoms with Crippen molar-refractivity contribution in [1.29, 1.82) is 0 Å². The molecule has 20 heavy (non-hydrogen) atoms. The van der Waals surface area contributed by atoms with Gasteiger partial charge in [0.15, 0.2) is 0 Å². The number of ether oxygens (including phenoxy) is 1. The standard InChI is InChI=1S/C16H30N2O2/c1-4-6-8-14-16(19)18(15(17-14)7-5-2)12(3)13-9-10-20-11-13/h12-15,17H,4-11H2,1-3H3. The number of amides is 1. The molecule has 0 aromatic rings. The summed E-state index contributed by atoms with van der Waals surface area (Å²) in [5.41, 5.74) is 0. The van der Waals surface area contributed by atoms with E-state index in [-0.39, 0.29) is 12.2 Å². The van der Waals surface area contributed by atoms with Gasteiger partial charge < -0.3 is 9.64 Å². The lowest BCUT2D eigenvalue weighted by atomic mass is 9.98. The first kappa shape index (κ1) is 15.8. The Hall–Kier alpha value is -0.610. The van der Waals surface area contributed by atoms with Crippen molar-refractivity contribution >= 4 is 5.91 Å². The van der Waals surface area contributed by atoms with Crippen molar-refractivity contribution in [2.24, 2.45) is 5.92 Å². The lowest BCUT2D eigenvalue weighted by Crippen LogP contribution is -2.46. The minimum absolute atomic E-state index is 0.0382. The zero-order chi connectivity index (χ0) is 14.5. The van der Waals surface area contributed by atoms with E-state index in [0.717, 1.165) is 51.7 Å². The quantitative estimate of drug-likeness (QED) is 0.780. The van der Waals surface area contributed by atoms with E-state index in [9.17, 15) is 4.79 Å². The average Bonchev–Trinajstić information content (AvgIpc) is 3.05. The van der Waals surface area contributed by atoms with E-state index in [2.05, 4.69) is 31.0 Å². The number of carbonyl (C=O) groups is 1. The topological polar surface area (TPSA) is 41.6 Å². The highest BCUT2D eigenvalue weighted by Crippen LogP contribution is 2.28. The molecule has 2 aliphatic rings. The zero-order valence-electron chi connectivity index (χ0n) is 13.2. The summed E-state index contributed by atoms with van der Waals surface area (Å²) in [4.78, 5) is 14.8. The van der Waals surface area contributed by atoms with Gasteiger partial charge in [0.1, 0.15) is 0 Å². The molecule has 0 spiro atoms. The number of rotatable bonds is 7. The van der Waals surface area contributed by atoms with Gasteiger partial charge in [0.2, 0.25) is 5.91 Å². The van der Waals surface area contributed by atoms with Crippen LogP contribution in [0.15, 0.2) is 0 Å². The van der Waals surface area contributed by atoms with E-state index < -0.39 is 0 Å². The van der Waals surface area contributed by atoms with E-state index in [1.807, 2.05) is 0 Å². The Morgan fingerprint density at radius 3 is 2.75 bits per heavy atom. The molecule has 2 saturated heterocycles. The fourth-order valence-corrected chi connectivity index (χ4v) is 3.47. The number of carbonyl (C=O) groups excluding carboxylic acids is 1. The minimum atomic E-state index is 0.0382. The molecule has 0 aliphatic carbocycles. The van der Waals surface area contributed by atoms with Crippen LogP contribution in [0.3, 0.4) is 0 Å². The summed E-state index contributed by atoms with van der Waals surface area (Å²) < 4.78 is 5.50. The predicted octanol–water partition coefficient (Wildman–Crippen LogP) is 2.53. The Kier molecular flexibility index (Phi) is 5.85. The molecular formula is C16H30N2O2. The van der Waals surface area contributed by atoms with Gasteiger partial charge in [-0.1, -0.05) is 33.1 Å². The molecule has 0 aromatic heterocycles. The van der Waals surface area contributed by atoms with Crippen molar-refractivity contribution in [3.05, 3.63) is 0 Å². The Labute approximate surface area is 123 Å². The molecule has 1 amide bonds. The van der Waals surface area contributed by atoms with Crippen molar-refractivity contribution in [2.45, 2.75) is 77.5 Å². The Morgan fingerprint density at radius 1 is 1.35 bits per heavy atom. The molecule has 2 aliphatic heterocycles. The van der Waals surface area contributed by atoms with Gasteiger partial charge in [0.05, 0.1) is 18.8 Å². The first-order valence-corrected chi connectivity index (χ1v) is 8.35. The summed E-state index contributed by atoms with van der Waals surface area (Å²) in [7, 11) is 0. The molecule has 2 fully saturated rings. The summed E-state index contributed by atoms with van der Waals surface area (Å²) in [6.45, 7) is 8.22. The van der Waals surface area contributed by atoms with Gasteiger partial charge in [-0.3, -0.25) is 10.1 Å². The smallest absolute Gasteiger partial charge is 0.241 e. The third-order valence-electron chi connectivity index (χ3n) is 4.78. The molecule has 0 radical (unpaired) electrons. The number of hydrogen-bond donors (Lipinski definition) is 1.